The first kappa shape index (κ1) is 20.8. The Morgan fingerprint density at radius 3 is 2.71 bits per heavy atom. The van der Waals surface area contributed by atoms with Gasteiger partial charge in [-0.2, -0.15) is 5.10 Å². The number of aromatic nitrogens is 2. The fourth-order valence-electron chi connectivity index (χ4n) is 3.41. The molecule has 0 bridgehead atoms. The minimum atomic E-state index is -0.710. The van der Waals surface area contributed by atoms with Crippen LogP contribution in [0.2, 0.25) is 0 Å². The van der Waals surface area contributed by atoms with E-state index in [1.54, 1.807) is 11.6 Å². The van der Waals surface area contributed by atoms with Crippen LogP contribution in [0.5, 0.6) is 0 Å². The monoisotopic (exact) mass is 438 g/mol. The Kier molecular flexibility index (Phi) is 6.15. The van der Waals surface area contributed by atoms with Crippen molar-refractivity contribution in [2.24, 2.45) is 0 Å². The molecular weight excluding hydrogens is 416 g/mol. The van der Waals surface area contributed by atoms with E-state index in [0.717, 1.165) is 10.6 Å². The van der Waals surface area contributed by atoms with E-state index in [0.29, 0.717) is 22.5 Å². The standard InChI is InChI=1S/C22H22N4O4S/c1-14-18(21(27)30-11-10-29-2)20(24-22(28)23-14)16-13-26(15-7-4-3-5-8-15)25-19(16)17-9-6-12-31-17/h3-9,12-13,20H,10-11H2,1-2H3,(H2,23,24,28)/t20-/m0/s1. The Balaban J connectivity index is 1.80. The number of hydrogen-bond donors (Lipinski definition) is 2. The average molecular weight is 439 g/mol. The molecule has 1 atom stereocenters. The van der Waals surface area contributed by atoms with E-state index in [1.165, 1.54) is 18.4 Å². The zero-order chi connectivity index (χ0) is 21.8. The molecule has 8 nitrogen and oxygen atoms in total. The summed E-state index contributed by atoms with van der Waals surface area (Å²) in [5, 5.41) is 12.3. The van der Waals surface area contributed by atoms with Gasteiger partial charge in [0.1, 0.15) is 12.3 Å². The Morgan fingerprint density at radius 1 is 1.19 bits per heavy atom. The second-order valence-electron chi connectivity index (χ2n) is 6.89. The first-order chi connectivity index (χ1) is 15.1. The van der Waals surface area contributed by atoms with Gasteiger partial charge in [0.2, 0.25) is 0 Å². The second-order valence-corrected chi connectivity index (χ2v) is 7.84. The molecule has 1 aliphatic heterocycles. The van der Waals surface area contributed by atoms with E-state index in [2.05, 4.69) is 10.6 Å². The molecule has 0 aliphatic carbocycles. The molecule has 2 aromatic heterocycles. The fourth-order valence-corrected chi connectivity index (χ4v) is 4.14. The smallest absolute Gasteiger partial charge is 0.338 e. The number of nitrogens with zero attached hydrogens (tertiary/aromatic N) is 2. The molecular formula is C22H22N4O4S. The van der Waals surface area contributed by atoms with E-state index in [-0.39, 0.29) is 19.2 Å². The van der Waals surface area contributed by atoms with Gasteiger partial charge < -0.3 is 20.1 Å². The van der Waals surface area contributed by atoms with Crippen molar-refractivity contribution < 1.29 is 19.1 Å². The summed E-state index contributed by atoms with van der Waals surface area (Å²) in [4.78, 5) is 26.1. The van der Waals surface area contributed by atoms with E-state index in [4.69, 9.17) is 14.6 Å². The van der Waals surface area contributed by atoms with Gasteiger partial charge in [-0.3, -0.25) is 0 Å². The van der Waals surface area contributed by atoms with Crippen molar-refractivity contribution in [2.45, 2.75) is 13.0 Å². The highest BCUT2D eigenvalue weighted by Crippen LogP contribution is 2.36. The number of carbonyl (C=O) groups excluding carboxylic acids is 2. The van der Waals surface area contributed by atoms with Gasteiger partial charge in [-0.05, 0) is 30.5 Å². The SMILES string of the molecule is COCCOC(=O)C1=C(C)NC(=O)N[C@H]1c1cn(-c2ccccc2)nc1-c1cccs1. The molecule has 2 N–H and O–H groups in total. The number of nitrogens with one attached hydrogen (secondary N) is 2. The molecule has 1 aliphatic rings. The van der Waals surface area contributed by atoms with Gasteiger partial charge in [0.25, 0.3) is 0 Å². The van der Waals surface area contributed by atoms with Crippen LogP contribution in [0.4, 0.5) is 4.79 Å². The van der Waals surface area contributed by atoms with Crippen molar-refractivity contribution in [3.8, 4) is 16.3 Å². The number of para-hydroxylation sites is 1. The van der Waals surface area contributed by atoms with Crippen LogP contribution in [0.15, 0.2) is 65.3 Å². The molecule has 0 fully saturated rings. The molecule has 2 amide bonds. The topological polar surface area (TPSA) is 94.5 Å². The fraction of sp³-hybridized carbons (Fsp3) is 0.227. The van der Waals surface area contributed by atoms with Gasteiger partial charge in [0, 0.05) is 24.6 Å². The zero-order valence-corrected chi connectivity index (χ0v) is 17.9. The lowest BCUT2D eigenvalue weighted by Gasteiger charge is -2.27. The third-order valence-corrected chi connectivity index (χ3v) is 5.72. The van der Waals surface area contributed by atoms with Crippen LogP contribution in [-0.2, 0) is 14.3 Å². The molecule has 4 rings (SSSR count). The average Bonchev–Trinajstić information content (AvgIpc) is 3.44. The van der Waals surface area contributed by atoms with Gasteiger partial charge in [0.05, 0.1) is 28.8 Å². The lowest BCUT2D eigenvalue weighted by Crippen LogP contribution is -2.45. The third-order valence-electron chi connectivity index (χ3n) is 4.84. The number of methoxy groups -OCH3 is 1. The highest BCUT2D eigenvalue weighted by atomic mass is 32.1. The first-order valence-corrected chi connectivity index (χ1v) is 10.6. The van der Waals surface area contributed by atoms with Crippen molar-refractivity contribution in [1.82, 2.24) is 20.4 Å². The first-order valence-electron chi connectivity index (χ1n) is 9.71. The summed E-state index contributed by atoms with van der Waals surface area (Å²) < 4.78 is 12.1. The summed E-state index contributed by atoms with van der Waals surface area (Å²) in [6.45, 7) is 2.09. The summed E-state index contributed by atoms with van der Waals surface area (Å²) in [7, 11) is 1.54. The normalized spacial score (nSPS) is 16.1. The maximum absolute atomic E-state index is 12.9. The highest BCUT2D eigenvalue weighted by molar-refractivity contribution is 7.13. The second kappa shape index (κ2) is 9.15. The summed E-state index contributed by atoms with van der Waals surface area (Å²) in [6, 6.07) is 12.5. The molecule has 1 aromatic carbocycles. The number of urea groups is 1. The number of ether oxygens (including phenoxy) is 2. The summed E-state index contributed by atoms with van der Waals surface area (Å²) in [5.74, 6) is -0.517. The maximum atomic E-state index is 12.9. The van der Waals surface area contributed by atoms with E-state index >= 15 is 0 Å². The van der Waals surface area contributed by atoms with E-state index in [9.17, 15) is 9.59 Å². The Bertz CT molecular complexity index is 1110. The lowest BCUT2D eigenvalue weighted by atomic mass is 9.95. The molecule has 0 saturated heterocycles. The van der Waals surface area contributed by atoms with Gasteiger partial charge >= 0.3 is 12.0 Å². The Morgan fingerprint density at radius 2 is 2.00 bits per heavy atom. The van der Waals surface area contributed by atoms with Crippen LogP contribution in [0.3, 0.4) is 0 Å². The predicted octanol–water partition coefficient (Wildman–Crippen LogP) is 3.42. The summed E-state index contributed by atoms with van der Waals surface area (Å²) >= 11 is 1.54. The molecule has 0 unspecified atom stereocenters. The Labute approximate surface area is 183 Å². The molecule has 0 radical (unpaired) electrons. The molecule has 3 aromatic rings. The third kappa shape index (κ3) is 4.37. The van der Waals surface area contributed by atoms with Crippen molar-refractivity contribution in [2.75, 3.05) is 20.3 Å². The Hall–Kier alpha value is -3.43. The molecule has 160 valence electrons. The lowest BCUT2D eigenvalue weighted by molar-refractivity contribution is -0.140. The molecule has 0 saturated carbocycles. The molecule has 9 heteroatoms. The van der Waals surface area contributed by atoms with E-state index in [1.807, 2.05) is 54.0 Å². The van der Waals surface area contributed by atoms with Crippen LogP contribution >= 0.6 is 11.3 Å². The quantitative estimate of drug-likeness (QED) is 0.435. The van der Waals surface area contributed by atoms with Gasteiger partial charge in [-0.25, -0.2) is 14.3 Å². The minimum Gasteiger partial charge on any atom is -0.460 e. The van der Waals surface area contributed by atoms with Crippen molar-refractivity contribution in [3.05, 3.63) is 70.9 Å². The number of esters is 1. The molecule has 0 spiro atoms. The van der Waals surface area contributed by atoms with Crippen molar-refractivity contribution >= 4 is 23.3 Å². The number of thiophene rings is 1. The predicted molar refractivity (Wildman–Crippen MR) is 117 cm³/mol. The van der Waals surface area contributed by atoms with Crippen LogP contribution in [0.1, 0.15) is 18.5 Å². The zero-order valence-electron chi connectivity index (χ0n) is 17.1. The number of allylic oxidation sites excluding steroid dienone is 1. The van der Waals surface area contributed by atoms with Crippen molar-refractivity contribution in [1.29, 1.82) is 0 Å². The largest absolute Gasteiger partial charge is 0.460 e. The number of hydrogen-bond acceptors (Lipinski definition) is 6. The molecule has 31 heavy (non-hydrogen) atoms. The van der Waals surface area contributed by atoms with E-state index < -0.39 is 12.0 Å². The van der Waals surface area contributed by atoms with Gasteiger partial charge in [0.15, 0.2) is 0 Å². The minimum absolute atomic E-state index is 0.119. The van der Waals surface area contributed by atoms with Crippen LogP contribution < -0.4 is 10.6 Å². The van der Waals surface area contributed by atoms with Crippen LogP contribution in [-0.4, -0.2) is 42.1 Å². The summed E-state index contributed by atoms with van der Waals surface area (Å²) in [6.07, 6.45) is 1.84. The van der Waals surface area contributed by atoms with Gasteiger partial charge in [-0.1, -0.05) is 24.3 Å². The van der Waals surface area contributed by atoms with Gasteiger partial charge in [-0.15, -0.1) is 11.3 Å². The number of benzene rings is 1. The van der Waals surface area contributed by atoms with Crippen LogP contribution in [0.25, 0.3) is 16.3 Å². The number of amides is 2. The highest BCUT2D eigenvalue weighted by Gasteiger charge is 2.35. The number of carbonyl (C=O) groups is 2. The molecule has 3 heterocycles. The number of rotatable bonds is 7. The summed E-state index contributed by atoms with van der Waals surface area (Å²) in [5.41, 5.74) is 3.05. The van der Waals surface area contributed by atoms with Crippen LogP contribution in [0, 0.1) is 0 Å². The van der Waals surface area contributed by atoms with Crippen molar-refractivity contribution in [3.63, 3.8) is 0 Å². The maximum Gasteiger partial charge on any atom is 0.338 e.